The van der Waals surface area contributed by atoms with Crippen molar-refractivity contribution in [3.05, 3.63) is 52.9 Å². The summed E-state index contributed by atoms with van der Waals surface area (Å²) < 4.78 is 0. The Kier molecular flexibility index (Phi) is 4.15. The van der Waals surface area contributed by atoms with Crippen LogP contribution in [0.2, 0.25) is 0 Å². The molecule has 0 aliphatic rings. The normalized spacial score (nSPS) is 10.8. The van der Waals surface area contributed by atoms with Crippen LogP contribution < -0.4 is 5.32 Å². The minimum absolute atomic E-state index is 0.783. The van der Waals surface area contributed by atoms with E-state index in [-0.39, 0.29) is 0 Å². The van der Waals surface area contributed by atoms with E-state index in [0.717, 1.165) is 41.6 Å². The molecule has 0 aliphatic heterocycles. The lowest BCUT2D eigenvalue weighted by Crippen LogP contribution is -2.17. The van der Waals surface area contributed by atoms with Crippen LogP contribution in [0.25, 0.3) is 11.3 Å². The molecule has 2 aromatic heterocycles. The molecule has 5 nitrogen and oxygen atoms in total. The van der Waals surface area contributed by atoms with Gasteiger partial charge in [0.05, 0.1) is 5.69 Å². The number of aromatic amines is 1. The minimum atomic E-state index is 0.783. The second-order valence-corrected chi connectivity index (χ2v) is 5.29. The molecule has 0 radical (unpaired) electrons. The van der Waals surface area contributed by atoms with Crippen LogP contribution in [-0.2, 0) is 13.0 Å². The fourth-order valence-corrected chi connectivity index (χ4v) is 2.66. The molecule has 0 fully saturated rings. The Labute approximate surface area is 121 Å². The Bertz CT molecular complexity index is 633. The first-order chi connectivity index (χ1) is 9.92. The Morgan fingerprint density at radius 3 is 2.90 bits per heavy atom. The molecule has 2 N–H and O–H groups in total. The molecule has 0 bridgehead atoms. The topological polar surface area (TPSA) is 66.5 Å². The number of thiazole rings is 1. The third-order valence-electron chi connectivity index (χ3n) is 2.90. The van der Waals surface area contributed by atoms with E-state index in [1.54, 1.807) is 11.3 Å². The van der Waals surface area contributed by atoms with E-state index in [1.165, 1.54) is 6.33 Å². The molecule has 0 atom stereocenters. The number of hydrogen-bond acceptors (Lipinski definition) is 5. The molecule has 0 spiro atoms. The SMILES string of the molecule is c1ccc(-c2csc(CNCCc3ncn[nH]3)n2)cc1. The first-order valence-corrected chi connectivity index (χ1v) is 7.34. The van der Waals surface area contributed by atoms with Crippen molar-refractivity contribution in [2.45, 2.75) is 13.0 Å². The number of rotatable bonds is 6. The van der Waals surface area contributed by atoms with Crippen molar-refractivity contribution in [1.82, 2.24) is 25.5 Å². The third-order valence-corrected chi connectivity index (χ3v) is 3.75. The molecule has 0 amide bonds. The van der Waals surface area contributed by atoms with Gasteiger partial charge in [0.1, 0.15) is 17.2 Å². The molecule has 102 valence electrons. The average molecular weight is 285 g/mol. The summed E-state index contributed by atoms with van der Waals surface area (Å²) in [4.78, 5) is 8.72. The van der Waals surface area contributed by atoms with Gasteiger partial charge in [0.2, 0.25) is 0 Å². The average Bonchev–Trinajstić information content (AvgIpc) is 3.16. The Morgan fingerprint density at radius 2 is 2.10 bits per heavy atom. The summed E-state index contributed by atoms with van der Waals surface area (Å²) in [5.74, 6) is 0.904. The van der Waals surface area contributed by atoms with E-state index in [9.17, 15) is 0 Å². The van der Waals surface area contributed by atoms with Crippen molar-refractivity contribution in [2.24, 2.45) is 0 Å². The zero-order valence-electron chi connectivity index (χ0n) is 10.9. The molecule has 2 heterocycles. The first kappa shape index (κ1) is 13.0. The molecule has 3 rings (SSSR count). The highest BCUT2D eigenvalue weighted by Crippen LogP contribution is 2.21. The second kappa shape index (κ2) is 6.40. The number of benzene rings is 1. The largest absolute Gasteiger partial charge is 0.310 e. The van der Waals surface area contributed by atoms with Crippen LogP contribution in [0.3, 0.4) is 0 Å². The van der Waals surface area contributed by atoms with Crippen molar-refractivity contribution in [3.8, 4) is 11.3 Å². The van der Waals surface area contributed by atoms with Gasteiger partial charge in [-0.2, -0.15) is 5.10 Å². The van der Waals surface area contributed by atoms with Gasteiger partial charge in [-0.15, -0.1) is 11.3 Å². The van der Waals surface area contributed by atoms with Crippen LogP contribution in [0.1, 0.15) is 10.8 Å². The monoisotopic (exact) mass is 285 g/mol. The van der Waals surface area contributed by atoms with Gasteiger partial charge in [-0.05, 0) is 0 Å². The van der Waals surface area contributed by atoms with Crippen LogP contribution in [0.5, 0.6) is 0 Å². The number of aromatic nitrogens is 4. The highest BCUT2D eigenvalue weighted by molar-refractivity contribution is 7.09. The van der Waals surface area contributed by atoms with Gasteiger partial charge in [-0.3, -0.25) is 5.10 Å². The molecular weight excluding hydrogens is 270 g/mol. The van der Waals surface area contributed by atoms with Crippen LogP contribution in [0.15, 0.2) is 42.0 Å². The summed E-state index contributed by atoms with van der Waals surface area (Å²) in [5.41, 5.74) is 2.21. The predicted octanol–water partition coefficient (Wildman–Crippen LogP) is 2.26. The maximum absolute atomic E-state index is 4.64. The van der Waals surface area contributed by atoms with Crippen molar-refractivity contribution < 1.29 is 0 Å². The molecule has 0 unspecified atom stereocenters. The van der Waals surface area contributed by atoms with E-state index in [4.69, 9.17) is 0 Å². The summed E-state index contributed by atoms with van der Waals surface area (Å²) in [5, 5.41) is 13.2. The quantitative estimate of drug-likeness (QED) is 0.682. The fourth-order valence-electron chi connectivity index (χ4n) is 1.89. The van der Waals surface area contributed by atoms with E-state index >= 15 is 0 Å². The lowest BCUT2D eigenvalue weighted by atomic mass is 10.2. The van der Waals surface area contributed by atoms with Crippen molar-refractivity contribution in [2.75, 3.05) is 6.54 Å². The zero-order chi connectivity index (χ0) is 13.6. The molecule has 20 heavy (non-hydrogen) atoms. The molecule has 6 heteroatoms. The first-order valence-electron chi connectivity index (χ1n) is 6.46. The van der Waals surface area contributed by atoms with Crippen LogP contribution in [0, 0.1) is 0 Å². The zero-order valence-corrected chi connectivity index (χ0v) is 11.7. The number of hydrogen-bond donors (Lipinski definition) is 2. The van der Waals surface area contributed by atoms with Crippen LogP contribution in [-0.4, -0.2) is 26.7 Å². The van der Waals surface area contributed by atoms with Crippen LogP contribution in [0.4, 0.5) is 0 Å². The summed E-state index contributed by atoms with van der Waals surface area (Å²) in [6.07, 6.45) is 2.37. The van der Waals surface area contributed by atoms with E-state index in [0.29, 0.717) is 0 Å². The Hall–Kier alpha value is -2.05. The molecule has 0 saturated heterocycles. The molecule has 0 aliphatic carbocycles. The summed E-state index contributed by atoms with van der Waals surface area (Å²) >= 11 is 1.68. The van der Waals surface area contributed by atoms with Gasteiger partial charge in [0.25, 0.3) is 0 Å². The summed E-state index contributed by atoms with van der Waals surface area (Å²) in [6.45, 7) is 1.64. The summed E-state index contributed by atoms with van der Waals surface area (Å²) in [6, 6.07) is 10.2. The van der Waals surface area contributed by atoms with E-state index < -0.39 is 0 Å². The lowest BCUT2D eigenvalue weighted by molar-refractivity contribution is 0.669. The van der Waals surface area contributed by atoms with Gasteiger partial charge in [-0.1, -0.05) is 30.3 Å². The maximum Gasteiger partial charge on any atom is 0.137 e. The molecule has 0 saturated carbocycles. The highest BCUT2D eigenvalue weighted by Gasteiger charge is 2.03. The second-order valence-electron chi connectivity index (χ2n) is 4.35. The van der Waals surface area contributed by atoms with Crippen molar-refractivity contribution >= 4 is 11.3 Å². The van der Waals surface area contributed by atoms with Gasteiger partial charge in [0.15, 0.2) is 0 Å². The predicted molar refractivity (Wildman–Crippen MR) is 79.3 cm³/mol. The van der Waals surface area contributed by atoms with E-state index in [2.05, 4.69) is 43.0 Å². The highest BCUT2D eigenvalue weighted by atomic mass is 32.1. The van der Waals surface area contributed by atoms with Crippen molar-refractivity contribution in [1.29, 1.82) is 0 Å². The van der Waals surface area contributed by atoms with Crippen LogP contribution >= 0.6 is 11.3 Å². The van der Waals surface area contributed by atoms with Gasteiger partial charge in [-0.25, -0.2) is 9.97 Å². The fraction of sp³-hybridized carbons (Fsp3) is 0.214. The number of H-pyrrole nitrogens is 1. The number of nitrogens with zero attached hydrogens (tertiary/aromatic N) is 3. The third kappa shape index (κ3) is 3.28. The molecule has 3 aromatic rings. The molecular formula is C14H15N5S. The van der Waals surface area contributed by atoms with Gasteiger partial charge < -0.3 is 5.32 Å². The minimum Gasteiger partial charge on any atom is -0.310 e. The Balaban J connectivity index is 1.50. The smallest absolute Gasteiger partial charge is 0.137 e. The van der Waals surface area contributed by atoms with Gasteiger partial charge in [0, 0.05) is 30.5 Å². The van der Waals surface area contributed by atoms with E-state index in [1.807, 2.05) is 18.2 Å². The maximum atomic E-state index is 4.64. The lowest BCUT2D eigenvalue weighted by Gasteiger charge is -2.00. The van der Waals surface area contributed by atoms with Gasteiger partial charge >= 0.3 is 0 Å². The Morgan fingerprint density at radius 1 is 1.20 bits per heavy atom. The standard InChI is InChI=1S/C14H15N5S/c1-2-4-11(5-3-1)12-9-20-14(18-12)8-15-7-6-13-16-10-17-19-13/h1-5,9-10,15H,6-8H2,(H,16,17,19). The van der Waals surface area contributed by atoms with Crippen molar-refractivity contribution in [3.63, 3.8) is 0 Å². The summed E-state index contributed by atoms with van der Waals surface area (Å²) in [7, 11) is 0. The number of nitrogens with one attached hydrogen (secondary N) is 2. The molecule has 1 aromatic carbocycles.